The van der Waals surface area contributed by atoms with Gasteiger partial charge in [0.05, 0.1) is 31.6 Å². The molecule has 7 nitrogen and oxygen atoms in total. The first-order chi connectivity index (χ1) is 10.7. The zero-order valence-corrected chi connectivity index (χ0v) is 12.8. The Kier molecular flexibility index (Phi) is 4.75. The molecule has 22 heavy (non-hydrogen) atoms. The van der Waals surface area contributed by atoms with Crippen molar-refractivity contribution in [1.82, 2.24) is 15.1 Å². The molecule has 1 amide bonds. The van der Waals surface area contributed by atoms with E-state index in [9.17, 15) is 9.90 Å². The molecule has 0 aromatic carbocycles. The van der Waals surface area contributed by atoms with Crippen LogP contribution in [0.2, 0.25) is 0 Å². The first-order valence-corrected chi connectivity index (χ1v) is 7.80. The molecule has 0 radical (unpaired) electrons. The van der Waals surface area contributed by atoms with Gasteiger partial charge in [-0.15, -0.1) is 0 Å². The molecule has 1 aliphatic heterocycles. The molecule has 1 fully saturated rings. The van der Waals surface area contributed by atoms with Crippen LogP contribution in [0, 0.1) is 5.92 Å². The van der Waals surface area contributed by atoms with Gasteiger partial charge in [0.15, 0.2) is 0 Å². The summed E-state index contributed by atoms with van der Waals surface area (Å²) in [6.45, 7) is 2.40. The summed E-state index contributed by atoms with van der Waals surface area (Å²) in [7, 11) is 1.67. The second kappa shape index (κ2) is 6.76. The highest BCUT2D eigenvalue weighted by Crippen LogP contribution is 2.28. The zero-order chi connectivity index (χ0) is 15.5. The average Bonchev–Trinajstić information content (AvgIpc) is 2.90. The fraction of sp³-hybridized carbons (Fsp3) is 0.733. The normalized spacial score (nSPS) is 27.1. The van der Waals surface area contributed by atoms with Gasteiger partial charge in [0.2, 0.25) is 5.91 Å². The van der Waals surface area contributed by atoms with E-state index >= 15 is 0 Å². The van der Waals surface area contributed by atoms with Crippen LogP contribution in [0.15, 0.2) is 6.20 Å². The van der Waals surface area contributed by atoms with Crippen LogP contribution in [0.5, 0.6) is 0 Å². The number of carbonyl (C=O) groups excluding carboxylic acids is 1. The number of nitrogens with one attached hydrogen (secondary N) is 1. The molecule has 1 saturated carbocycles. The van der Waals surface area contributed by atoms with E-state index in [4.69, 9.17) is 9.47 Å². The predicted molar refractivity (Wildman–Crippen MR) is 78.2 cm³/mol. The molecule has 1 aliphatic carbocycles. The number of carbonyl (C=O) groups is 1. The molecule has 1 unspecified atom stereocenters. The smallest absolute Gasteiger partial charge is 0.223 e. The largest absolute Gasteiger partial charge is 0.393 e. The average molecular weight is 309 g/mol. The van der Waals surface area contributed by atoms with Crippen molar-refractivity contribution in [3.05, 3.63) is 17.5 Å². The summed E-state index contributed by atoms with van der Waals surface area (Å²) in [6.07, 6.45) is 3.50. The van der Waals surface area contributed by atoms with Crippen molar-refractivity contribution in [2.75, 3.05) is 26.9 Å². The summed E-state index contributed by atoms with van der Waals surface area (Å²) >= 11 is 0. The minimum Gasteiger partial charge on any atom is -0.393 e. The van der Waals surface area contributed by atoms with Crippen LogP contribution in [-0.2, 0) is 27.2 Å². The third-order valence-corrected chi connectivity index (χ3v) is 4.34. The van der Waals surface area contributed by atoms with Gasteiger partial charge in [-0.1, -0.05) is 0 Å². The quantitative estimate of drug-likeness (QED) is 0.774. The summed E-state index contributed by atoms with van der Waals surface area (Å²) in [4.78, 5) is 12.0. The molecule has 0 spiro atoms. The van der Waals surface area contributed by atoms with Crippen molar-refractivity contribution in [3.8, 4) is 0 Å². The number of ether oxygens (including phenoxy) is 2. The van der Waals surface area contributed by atoms with Crippen LogP contribution < -0.4 is 5.32 Å². The lowest BCUT2D eigenvalue weighted by molar-refractivity contribution is -0.132. The van der Waals surface area contributed by atoms with E-state index < -0.39 is 0 Å². The Morgan fingerprint density at radius 1 is 1.59 bits per heavy atom. The molecular weight excluding hydrogens is 286 g/mol. The van der Waals surface area contributed by atoms with Crippen molar-refractivity contribution in [2.45, 2.75) is 38.0 Å². The van der Waals surface area contributed by atoms with Gasteiger partial charge in [0, 0.05) is 25.8 Å². The molecule has 3 rings (SSSR count). The van der Waals surface area contributed by atoms with Crippen LogP contribution in [0.25, 0.3) is 0 Å². The highest BCUT2D eigenvalue weighted by atomic mass is 16.5. The molecule has 2 heterocycles. The zero-order valence-electron chi connectivity index (χ0n) is 12.8. The Labute approximate surface area is 129 Å². The van der Waals surface area contributed by atoms with Crippen LogP contribution in [0.4, 0.5) is 0 Å². The second-order valence-electron chi connectivity index (χ2n) is 5.97. The summed E-state index contributed by atoms with van der Waals surface area (Å²) < 4.78 is 12.7. The van der Waals surface area contributed by atoms with Crippen LogP contribution in [0.3, 0.4) is 0 Å². The van der Waals surface area contributed by atoms with Gasteiger partial charge < -0.3 is 19.9 Å². The highest BCUT2D eigenvalue weighted by molar-refractivity contribution is 5.79. The molecule has 7 heteroatoms. The Hall–Kier alpha value is -1.44. The number of rotatable bonds is 6. The van der Waals surface area contributed by atoms with Gasteiger partial charge in [-0.05, 0) is 24.8 Å². The lowest BCUT2D eigenvalue weighted by Gasteiger charge is -2.31. The Morgan fingerprint density at radius 3 is 3.14 bits per heavy atom. The Morgan fingerprint density at radius 2 is 2.41 bits per heavy atom. The number of aliphatic hydroxyl groups is 1. The predicted octanol–water partition coefficient (Wildman–Crippen LogP) is 0.0304. The molecule has 0 bridgehead atoms. The molecule has 122 valence electrons. The number of amides is 1. The van der Waals surface area contributed by atoms with Gasteiger partial charge in [-0.25, -0.2) is 0 Å². The minimum absolute atomic E-state index is 0.000149. The molecule has 0 saturated heterocycles. The maximum Gasteiger partial charge on any atom is 0.223 e. The number of aliphatic hydroxyl groups excluding tert-OH is 1. The van der Waals surface area contributed by atoms with E-state index in [0.29, 0.717) is 39.1 Å². The van der Waals surface area contributed by atoms with E-state index in [-0.39, 0.29) is 24.0 Å². The summed E-state index contributed by atoms with van der Waals surface area (Å²) in [5.74, 6) is -0.0582. The third-order valence-electron chi connectivity index (χ3n) is 4.34. The van der Waals surface area contributed by atoms with Crippen molar-refractivity contribution in [3.63, 3.8) is 0 Å². The topological polar surface area (TPSA) is 85.6 Å². The van der Waals surface area contributed by atoms with E-state index in [0.717, 1.165) is 12.1 Å². The summed E-state index contributed by atoms with van der Waals surface area (Å²) in [6, 6.07) is 0. The number of hydrogen-bond donors (Lipinski definition) is 2. The SMILES string of the molecule is COCCn1cc2c(n1)C(CNC(=O)C1CC(O)C1)OCC2. The van der Waals surface area contributed by atoms with Crippen molar-refractivity contribution in [1.29, 1.82) is 0 Å². The Bertz CT molecular complexity index is 525. The number of fused-ring (bicyclic) bond motifs is 1. The van der Waals surface area contributed by atoms with Crippen LogP contribution in [-0.4, -0.2) is 53.8 Å². The van der Waals surface area contributed by atoms with Crippen LogP contribution in [0.1, 0.15) is 30.2 Å². The Balaban J connectivity index is 1.57. The van der Waals surface area contributed by atoms with E-state index in [1.54, 1.807) is 7.11 Å². The molecule has 2 aliphatic rings. The standard InChI is InChI=1S/C15H23N3O4/c1-21-5-3-18-9-10-2-4-22-13(14(10)17-18)8-16-15(20)11-6-12(19)7-11/h9,11-13,19H,2-8H2,1H3,(H,16,20). The second-order valence-corrected chi connectivity index (χ2v) is 5.97. The number of hydrogen-bond acceptors (Lipinski definition) is 5. The van der Waals surface area contributed by atoms with Gasteiger partial charge in [0.1, 0.15) is 6.10 Å². The van der Waals surface area contributed by atoms with E-state index in [2.05, 4.69) is 10.4 Å². The van der Waals surface area contributed by atoms with Gasteiger partial charge in [-0.2, -0.15) is 5.10 Å². The first kappa shape index (κ1) is 15.5. The van der Waals surface area contributed by atoms with Gasteiger partial charge in [-0.3, -0.25) is 9.48 Å². The fourth-order valence-corrected chi connectivity index (χ4v) is 2.93. The number of aromatic nitrogens is 2. The molecule has 1 aromatic rings. The molecule has 1 atom stereocenters. The maximum absolute atomic E-state index is 12.0. The molecule has 1 aromatic heterocycles. The lowest BCUT2D eigenvalue weighted by atomic mass is 9.82. The van der Waals surface area contributed by atoms with Crippen LogP contribution >= 0.6 is 0 Å². The van der Waals surface area contributed by atoms with E-state index in [1.165, 1.54) is 5.56 Å². The monoisotopic (exact) mass is 309 g/mol. The van der Waals surface area contributed by atoms with Crippen molar-refractivity contribution >= 4 is 5.91 Å². The lowest BCUT2D eigenvalue weighted by Crippen LogP contribution is -2.43. The minimum atomic E-state index is -0.315. The first-order valence-electron chi connectivity index (χ1n) is 7.80. The fourth-order valence-electron chi connectivity index (χ4n) is 2.93. The van der Waals surface area contributed by atoms with E-state index in [1.807, 2.05) is 10.9 Å². The highest BCUT2D eigenvalue weighted by Gasteiger charge is 2.34. The number of methoxy groups -OCH3 is 1. The van der Waals surface area contributed by atoms with Gasteiger partial charge >= 0.3 is 0 Å². The van der Waals surface area contributed by atoms with Gasteiger partial charge in [0.25, 0.3) is 0 Å². The summed E-state index contributed by atoms with van der Waals surface area (Å²) in [5.41, 5.74) is 2.09. The number of nitrogens with zero attached hydrogens (tertiary/aromatic N) is 2. The summed E-state index contributed by atoms with van der Waals surface area (Å²) in [5, 5.41) is 16.7. The third kappa shape index (κ3) is 3.31. The molecule has 2 N–H and O–H groups in total. The van der Waals surface area contributed by atoms with Crippen molar-refractivity contribution < 1.29 is 19.4 Å². The van der Waals surface area contributed by atoms with Crippen molar-refractivity contribution in [2.24, 2.45) is 5.92 Å². The molecular formula is C15H23N3O4. The maximum atomic E-state index is 12.0.